The quantitative estimate of drug-likeness (QED) is 0.291. The van der Waals surface area contributed by atoms with Crippen LogP contribution in [0.1, 0.15) is 72.8 Å². The molecule has 2 fully saturated rings. The molecular formula is C30H33ClN8O. The summed E-state index contributed by atoms with van der Waals surface area (Å²) >= 11 is 6.42. The minimum atomic E-state index is -0.347. The van der Waals surface area contributed by atoms with Gasteiger partial charge < -0.3 is 15.2 Å². The molecule has 1 aromatic carbocycles. The van der Waals surface area contributed by atoms with Crippen LogP contribution in [0.15, 0.2) is 49.1 Å². The van der Waals surface area contributed by atoms with Crippen LogP contribution in [0.4, 0.5) is 5.69 Å². The van der Waals surface area contributed by atoms with Crippen molar-refractivity contribution in [1.29, 1.82) is 5.26 Å². The van der Waals surface area contributed by atoms with Gasteiger partial charge in [-0.15, -0.1) is 10.2 Å². The number of nitriles is 1. The summed E-state index contributed by atoms with van der Waals surface area (Å²) in [5.74, 6) is 0.928. The van der Waals surface area contributed by atoms with Crippen LogP contribution in [0.5, 0.6) is 0 Å². The number of nitrogens with zero attached hydrogens (tertiary/aromatic N) is 6. The van der Waals surface area contributed by atoms with Gasteiger partial charge in [-0.2, -0.15) is 5.26 Å². The molecule has 206 valence electrons. The van der Waals surface area contributed by atoms with Crippen LogP contribution in [0.2, 0.25) is 5.15 Å². The van der Waals surface area contributed by atoms with Gasteiger partial charge in [0.15, 0.2) is 5.65 Å². The lowest BCUT2D eigenvalue weighted by Gasteiger charge is -2.46. The molecule has 2 aliphatic rings. The number of hydrogen-bond acceptors (Lipinski definition) is 6. The number of nitrogens with one attached hydrogen (secondary N) is 2. The minimum absolute atomic E-state index is 0.249. The molecule has 40 heavy (non-hydrogen) atoms. The molecule has 1 amide bonds. The lowest BCUT2D eigenvalue weighted by atomic mass is 9.57. The lowest BCUT2D eigenvalue weighted by molar-refractivity contribution is 0.102. The summed E-state index contributed by atoms with van der Waals surface area (Å²) in [4.78, 5) is 18.1. The highest BCUT2D eigenvalue weighted by molar-refractivity contribution is 6.30. The van der Waals surface area contributed by atoms with E-state index in [9.17, 15) is 10.1 Å². The second-order valence-corrected chi connectivity index (χ2v) is 12.2. The Morgan fingerprint density at radius 1 is 1.27 bits per heavy atom. The summed E-state index contributed by atoms with van der Waals surface area (Å²) in [5.41, 5.74) is 3.69. The van der Waals surface area contributed by atoms with E-state index in [1.807, 2.05) is 42.1 Å². The molecule has 2 N–H and O–H groups in total. The second kappa shape index (κ2) is 10.3. The number of carbonyl (C=O) groups is 1. The van der Waals surface area contributed by atoms with E-state index in [0.717, 1.165) is 36.3 Å². The first-order valence-electron chi connectivity index (χ1n) is 13.8. The number of fused-ring (bicyclic) bond motifs is 1. The monoisotopic (exact) mass is 556 g/mol. The van der Waals surface area contributed by atoms with Crippen LogP contribution in [-0.4, -0.2) is 36.6 Å². The van der Waals surface area contributed by atoms with E-state index < -0.39 is 0 Å². The fraction of sp³-hybridized carbons (Fsp3) is 0.433. The van der Waals surface area contributed by atoms with Crippen molar-refractivity contribution in [3.63, 3.8) is 0 Å². The SMILES string of the molecule is Cn1cnnc1C1(c2cccc(NC(=O)c3cc(CNCC4(C)CCC4)cn4c(Cl)cnc34)c2)CC(CC#N)C1. The maximum absolute atomic E-state index is 13.7. The van der Waals surface area contributed by atoms with Crippen molar-refractivity contribution in [2.24, 2.45) is 18.4 Å². The molecule has 0 spiro atoms. The van der Waals surface area contributed by atoms with Crippen molar-refractivity contribution in [3.8, 4) is 6.07 Å². The Labute approximate surface area is 238 Å². The molecule has 0 bridgehead atoms. The highest BCUT2D eigenvalue weighted by Crippen LogP contribution is 2.53. The first-order chi connectivity index (χ1) is 19.3. The molecule has 2 saturated carbocycles. The van der Waals surface area contributed by atoms with Gasteiger partial charge in [-0.25, -0.2) is 4.98 Å². The summed E-state index contributed by atoms with van der Waals surface area (Å²) in [6.45, 7) is 3.90. The standard InChI is InChI=1S/C30H33ClN8O/c1-29(8-4-9-29)18-33-15-21-11-24(26-34-16-25(31)39(26)17-21)27(40)36-23-6-3-5-22(12-23)30(13-20(14-30)7-10-32)28-37-35-19-38(28)2/h3,5-6,11-12,16-17,19-20,33H,4,7-9,13-15,18H2,1-2H3,(H,36,40). The number of anilines is 1. The zero-order chi connectivity index (χ0) is 27.9. The molecule has 0 saturated heterocycles. The van der Waals surface area contributed by atoms with Gasteiger partial charge in [0, 0.05) is 38.4 Å². The van der Waals surface area contributed by atoms with Crippen LogP contribution < -0.4 is 10.6 Å². The van der Waals surface area contributed by atoms with Crippen molar-refractivity contribution in [1.82, 2.24) is 29.5 Å². The van der Waals surface area contributed by atoms with Crippen molar-refractivity contribution in [3.05, 3.63) is 76.7 Å². The molecule has 4 aromatic rings. The summed E-state index contributed by atoms with van der Waals surface area (Å²) in [6, 6.07) is 12.1. The van der Waals surface area contributed by atoms with Crippen molar-refractivity contribution in [2.45, 2.75) is 57.4 Å². The molecule has 10 heteroatoms. The zero-order valence-corrected chi connectivity index (χ0v) is 23.6. The average molecular weight is 557 g/mol. The number of aryl methyl sites for hydroxylation is 1. The molecule has 0 radical (unpaired) electrons. The Kier molecular flexibility index (Phi) is 6.85. The number of rotatable bonds is 9. The molecule has 9 nitrogen and oxygen atoms in total. The first kappa shape index (κ1) is 26.5. The van der Waals surface area contributed by atoms with Gasteiger partial charge in [0.1, 0.15) is 17.3 Å². The Morgan fingerprint density at radius 3 is 2.80 bits per heavy atom. The van der Waals surface area contributed by atoms with Crippen molar-refractivity contribution in [2.75, 3.05) is 11.9 Å². The third-order valence-electron chi connectivity index (χ3n) is 8.77. The maximum atomic E-state index is 13.7. The number of pyridine rings is 1. The first-order valence-corrected chi connectivity index (χ1v) is 14.2. The van der Waals surface area contributed by atoms with E-state index >= 15 is 0 Å². The predicted molar refractivity (Wildman–Crippen MR) is 153 cm³/mol. The summed E-state index contributed by atoms with van der Waals surface area (Å²) < 4.78 is 3.71. The Bertz CT molecular complexity index is 1610. The lowest BCUT2D eigenvalue weighted by Crippen LogP contribution is -2.44. The smallest absolute Gasteiger partial charge is 0.259 e. The summed E-state index contributed by atoms with van der Waals surface area (Å²) in [7, 11) is 1.94. The van der Waals surface area contributed by atoms with Crippen LogP contribution in [-0.2, 0) is 19.0 Å². The van der Waals surface area contributed by atoms with E-state index in [1.54, 1.807) is 16.9 Å². The number of halogens is 1. The van der Waals surface area contributed by atoms with Crippen LogP contribution >= 0.6 is 11.6 Å². The number of amides is 1. The molecule has 6 rings (SSSR count). The van der Waals surface area contributed by atoms with Crippen molar-refractivity contribution >= 4 is 28.8 Å². The molecule has 0 atom stereocenters. The normalized spacial score (nSPS) is 21.4. The highest BCUT2D eigenvalue weighted by atomic mass is 35.5. The third kappa shape index (κ3) is 4.76. The maximum Gasteiger partial charge on any atom is 0.259 e. The van der Waals surface area contributed by atoms with Gasteiger partial charge in [0.25, 0.3) is 5.91 Å². The van der Waals surface area contributed by atoms with Gasteiger partial charge >= 0.3 is 0 Å². The van der Waals surface area contributed by atoms with Crippen LogP contribution in [0.25, 0.3) is 5.65 Å². The molecule has 0 unspecified atom stereocenters. The van der Waals surface area contributed by atoms with Gasteiger partial charge in [-0.05, 0) is 66.3 Å². The summed E-state index contributed by atoms with van der Waals surface area (Å²) in [5, 5.41) is 24.9. The fourth-order valence-electron chi connectivity index (χ4n) is 6.40. The largest absolute Gasteiger partial charge is 0.322 e. The molecule has 3 heterocycles. The number of imidazole rings is 1. The number of hydrogen-bond donors (Lipinski definition) is 2. The Balaban J connectivity index is 1.26. The number of aromatic nitrogens is 5. The van der Waals surface area contributed by atoms with E-state index in [2.05, 4.69) is 44.9 Å². The number of benzene rings is 1. The Hall–Kier alpha value is -3.74. The van der Waals surface area contributed by atoms with E-state index in [-0.39, 0.29) is 11.3 Å². The van der Waals surface area contributed by atoms with Gasteiger partial charge in [-0.3, -0.25) is 9.20 Å². The third-order valence-corrected chi connectivity index (χ3v) is 9.05. The van der Waals surface area contributed by atoms with E-state index in [4.69, 9.17) is 11.6 Å². The molecule has 0 aliphatic heterocycles. The molecular weight excluding hydrogens is 524 g/mol. The molecule has 2 aliphatic carbocycles. The van der Waals surface area contributed by atoms with E-state index in [0.29, 0.717) is 46.3 Å². The predicted octanol–water partition coefficient (Wildman–Crippen LogP) is 5.26. The fourth-order valence-corrected chi connectivity index (χ4v) is 6.58. The topological polar surface area (TPSA) is 113 Å². The minimum Gasteiger partial charge on any atom is -0.322 e. The van der Waals surface area contributed by atoms with Crippen molar-refractivity contribution < 1.29 is 4.79 Å². The average Bonchev–Trinajstić information content (AvgIpc) is 3.50. The van der Waals surface area contributed by atoms with Crippen LogP contribution in [0.3, 0.4) is 0 Å². The van der Waals surface area contributed by atoms with Gasteiger partial charge in [0.2, 0.25) is 0 Å². The molecule has 3 aromatic heterocycles. The van der Waals surface area contributed by atoms with Gasteiger partial charge in [0.05, 0.1) is 23.2 Å². The zero-order valence-electron chi connectivity index (χ0n) is 22.8. The Morgan fingerprint density at radius 2 is 2.10 bits per heavy atom. The second-order valence-electron chi connectivity index (χ2n) is 11.8. The van der Waals surface area contributed by atoms with E-state index in [1.165, 1.54) is 19.3 Å². The number of carbonyl (C=O) groups excluding carboxylic acids is 1. The summed E-state index contributed by atoms with van der Waals surface area (Å²) in [6.07, 6.45) is 11.1. The van der Waals surface area contributed by atoms with Crippen LogP contribution in [0, 0.1) is 22.7 Å². The van der Waals surface area contributed by atoms with Gasteiger partial charge in [-0.1, -0.05) is 37.1 Å². The highest BCUT2D eigenvalue weighted by Gasteiger charge is 2.49.